The number of anilines is 4. The molecule has 0 fully saturated rings. The predicted molar refractivity (Wildman–Crippen MR) is 234 cm³/mol. The lowest BCUT2D eigenvalue weighted by Gasteiger charge is -2.16. The number of aryl methyl sites for hydroxylation is 4. The fourth-order valence-electron chi connectivity index (χ4n) is 5.42. The van der Waals surface area contributed by atoms with Gasteiger partial charge in [-0.3, -0.25) is 9.59 Å². The van der Waals surface area contributed by atoms with E-state index < -0.39 is 0 Å². The van der Waals surface area contributed by atoms with Crippen molar-refractivity contribution in [3.8, 4) is 12.1 Å². The maximum atomic E-state index is 13.2. The highest BCUT2D eigenvalue weighted by Gasteiger charge is 2.19. The molecule has 7 rings (SSSR count). The van der Waals surface area contributed by atoms with Crippen LogP contribution in [0.5, 0.6) is 0 Å². The van der Waals surface area contributed by atoms with E-state index in [0.29, 0.717) is 22.5 Å². The molecule has 0 saturated heterocycles. The van der Waals surface area contributed by atoms with Crippen molar-refractivity contribution in [2.45, 2.75) is 50.5 Å². The van der Waals surface area contributed by atoms with E-state index in [0.717, 1.165) is 46.5 Å². The summed E-state index contributed by atoms with van der Waals surface area (Å²) in [6.45, 7) is 6.16. The van der Waals surface area contributed by atoms with Crippen LogP contribution in [0.2, 0.25) is 0 Å². The van der Waals surface area contributed by atoms with Crippen LogP contribution in [0.25, 0.3) is 0 Å². The van der Waals surface area contributed by atoms with Crippen LogP contribution in [-0.2, 0) is 14.1 Å². The minimum absolute atomic E-state index is 0.210. The average molecular weight is 819 g/mol. The topological polar surface area (TPSA) is 141 Å². The maximum absolute atomic E-state index is 13.2. The summed E-state index contributed by atoms with van der Waals surface area (Å²) < 4.78 is 3.16. The van der Waals surface area contributed by atoms with Crippen LogP contribution in [0.3, 0.4) is 0 Å². The first-order chi connectivity index (χ1) is 28.0. The van der Waals surface area contributed by atoms with Crippen LogP contribution in [0.4, 0.5) is 23.0 Å². The van der Waals surface area contributed by atoms with Gasteiger partial charge in [-0.05, 0) is 104 Å². The molecule has 2 aromatic heterocycles. The first-order valence-electron chi connectivity index (χ1n) is 18.0. The molecule has 0 unspecified atom stereocenters. The van der Waals surface area contributed by atoms with Gasteiger partial charge in [-0.25, -0.2) is 9.97 Å². The second kappa shape index (κ2) is 19.1. The molecule has 5 aromatic carbocycles. The van der Waals surface area contributed by atoms with E-state index in [4.69, 9.17) is 15.5 Å². The van der Waals surface area contributed by atoms with Crippen molar-refractivity contribution < 1.29 is 0 Å². The summed E-state index contributed by atoms with van der Waals surface area (Å²) >= 11 is 4.60. The Hall–Kier alpha value is -6.51. The van der Waals surface area contributed by atoms with Crippen LogP contribution >= 0.6 is 35.3 Å². The smallest absolute Gasteiger partial charge is 0.294 e. The third-order valence-corrected chi connectivity index (χ3v) is 12.4. The van der Waals surface area contributed by atoms with Gasteiger partial charge in [0.1, 0.15) is 15.1 Å². The minimum Gasteiger partial charge on any atom is -0.336 e. The Bertz CT molecular complexity index is 2790. The van der Waals surface area contributed by atoms with Gasteiger partial charge in [-0.15, -0.1) is 0 Å². The Kier molecular flexibility index (Phi) is 13.5. The molecule has 0 amide bonds. The Morgan fingerprint density at radius 1 is 0.552 bits per heavy atom. The molecule has 2 N–H and O–H groups in total. The highest BCUT2D eigenvalue weighted by molar-refractivity contribution is 8.02. The summed E-state index contributed by atoms with van der Waals surface area (Å²) in [6.07, 6.45) is 1.73. The Morgan fingerprint density at radius 2 is 0.983 bits per heavy atom. The molecule has 0 aliphatic heterocycles. The molecule has 0 bridgehead atoms. The lowest BCUT2D eigenvalue weighted by atomic mass is 10.2. The fraction of sp³-hybridized carbons (Fsp3) is 0.111. The second-order valence-corrected chi connectivity index (χ2v) is 16.1. The van der Waals surface area contributed by atoms with E-state index in [2.05, 4.69) is 65.9 Å². The van der Waals surface area contributed by atoms with Crippen LogP contribution < -0.4 is 21.8 Å². The number of nitrogens with one attached hydrogen (secondary N) is 2. The Morgan fingerprint density at radius 3 is 1.45 bits per heavy atom. The van der Waals surface area contributed by atoms with E-state index in [1.54, 1.807) is 96.9 Å². The monoisotopic (exact) mass is 818 g/mol. The molecular weight excluding hydrogens is 781 g/mol. The molecule has 58 heavy (non-hydrogen) atoms. The molecule has 2 heterocycles. The lowest BCUT2D eigenvalue weighted by Crippen LogP contribution is -2.23. The average Bonchev–Trinajstić information content (AvgIpc) is 3.23. The van der Waals surface area contributed by atoms with Crippen LogP contribution in [-0.4, -0.2) is 19.1 Å². The summed E-state index contributed by atoms with van der Waals surface area (Å²) in [5, 5.41) is 26.3. The molecule has 0 aliphatic carbocycles. The van der Waals surface area contributed by atoms with Crippen LogP contribution in [0, 0.1) is 43.4 Å². The van der Waals surface area contributed by atoms with Gasteiger partial charge < -0.3 is 19.8 Å². The number of rotatable bonds is 10. The third-order valence-electron chi connectivity index (χ3n) is 8.72. The van der Waals surface area contributed by atoms with Crippen molar-refractivity contribution in [3.05, 3.63) is 176 Å². The highest BCUT2D eigenvalue weighted by atomic mass is 32.2. The predicted octanol–water partition coefficient (Wildman–Crippen LogP) is 10.2. The van der Waals surface area contributed by atoms with Gasteiger partial charge in [-0.2, -0.15) is 10.5 Å². The van der Waals surface area contributed by atoms with Gasteiger partial charge in [0, 0.05) is 46.4 Å². The van der Waals surface area contributed by atoms with Crippen molar-refractivity contribution in [1.29, 1.82) is 10.5 Å². The van der Waals surface area contributed by atoms with Crippen molar-refractivity contribution >= 4 is 58.3 Å². The number of nitrogens with zero attached hydrogens (tertiary/aromatic N) is 6. The zero-order chi connectivity index (χ0) is 41.2. The summed E-state index contributed by atoms with van der Waals surface area (Å²) in [4.78, 5) is 38.1. The molecule has 0 saturated carbocycles. The van der Waals surface area contributed by atoms with Gasteiger partial charge in [-0.1, -0.05) is 89.9 Å². The van der Waals surface area contributed by atoms with Crippen molar-refractivity contribution in [1.82, 2.24) is 19.1 Å². The normalized spacial score (nSPS) is 10.5. The van der Waals surface area contributed by atoms with E-state index in [9.17, 15) is 9.59 Å². The van der Waals surface area contributed by atoms with Crippen LogP contribution in [0.1, 0.15) is 27.8 Å². The van der Waals surface area contributed by atoms with E-state index in [1.807, 2.05) is 55.5 Å². The Balaban J connectivity index is 0.000000203. The third kappa shape index (κ3) is 10.3. The molecule has 288 valence electrons. The largest absolute Gasteiger partial charge is 0.336 e. The number of hydrogen-bond donors (Lipinski definition) is 2. The van der Waals surface area contributed by atoms with Crippen LogP contribution in [0.15, 0.2) is 167 Å². The summed E-state index contributed by atoms with van der Waals surface area (Å²) in [6, 6.07) is 42.3. The molecular formula is C45H38N8O2S3. The minimum atomic E-state index is -0.218. The summed E-state index contributed by atoms with van der Waals surface area (Å²) in [7, 11) is 3.48. The van der Waals surface area contributed by atoms with Gasteiger partial charge >= 0.3 is 0 Å². The summed E-state index contributed by atoms with van der Waals surface area (Å²) in [5.41, 5.74) is 5.55. The zero-order valence-electron chi connectivity index (χ0n) is 32.3. The zero-order valence-corrected chi connectivity index (χ0v) is 34.8. The van der Waals surface area contributed by atoms with E-state index >= 15 is 0 Å². The summed E-state index contributed by atoms with van der Waals surface area (Å²) in [5.74, 6) is 0.498. The fourth-order valence-corrected chi connectivity index (χ4v) is 8.50. The molecule has 0 aliphatic rings. The lowest BCUT2D eigenvalue weighted by molar-refractivity contribution is 0.702. The Labute approximate surface area is 349 Å². The van der Waals surface area contributed by atoms with E-state index in [1.165, 1.54) is 16.3 Å². The SMILES string of the molecule is Cc1ccccc1Sc1cn(C)c(=O)c(Nc2ccc(C#N)cc2)n1.Cc1ccccc1Sc1nc(Nc2ccc(C#N)cc2)c(=O)n(C)c1Sc1ccccc1C. The number of benzene rings is 5. The van der Waals surface area contributed by atoms with Crippen molar-refractivity contribution in [3.63, 3.8) is 0 Å². The maximum Gasteiger partial charge on any atom is 0.294 e. The highest BCUT2D eigenvalue weighted by Crippen LogP contribution is 2.39. The van der Waals surface area contributed by atoms with Gasteiger partial charge in [0.2, 0.25) is 0 Å². The molecule has 10 nitrogen and oxygen atoms in total. The van der Waals surface area contributed by atoms with Crippen molar-refractivity contribution in [2.24, 2.45) is 14.1 Å². The van der Waals surface area contributed by atoms with Gasteiger partial charge in [0.25, 0.3) is 11.1 Å². The molecule has 0 radical (unpaired) electrons. The van der Waals surface area contributed by atoms with Gasteiger partial charge in [0.15, 0.2) is 11.6 Å². The number of nitriles is 2. The van der Waals surface area contributed by atoms with E-state index in [-0.39, 0.29) is 22.8 Å². The number of hydrogen-bond acceptors (Lipinski definition) is 11. The molecule has 0 spiro atoms. The molecule has 0 atom stereocenters. The first kappa shape index (κ1) is 41.1. The standard InChI is InChI=1S/C26H22N4OS2.C19H16N4OS/c1-17-8-4-6-10-21(17)32-24-26(33-22-11-7-5-9-18(22)2)30(3)25(31)23(29-24)28-20-14-12-19(16-27)13-15-20;1-13-5-3-4-6-16(13)25-17-12-23(2)19(24)18(22-17)21-15-9-7-14(11-20)8-10-15/h4-15H,1-3H3,(H,28,29);3-10,12H,1-2H3,(H,21,22). The molecule has 7 aromatic rings. The first-order valence-corrected chi connectivity index (χ1v) is 20.4. The number of aromatic nitrogens is 4. The quantitative estimate of drug-likeness (QED) is 0.136. The molecule has 13 heteroatoms. The van der Waals surface area contributed by atoms with Gasteiger partial charge in [0.05, 0.1) is 23.3 Å². The van der Waals surface area contributed by atoms with Crippen molar-refractivity contribution in [2.75, 3.05) is 10.6 Å². The second-order valence-electron chi connectivity index (χ2n) is 13.0.